The molecule has 0 saturated heterocycles. The molecule has 0 fully saturated rings. The summed E-state index contributed by atoms with van der Waals surface area (Å²) in [6.45, 7) is 4.06. The van der Waals surface area contributed by atoms with Gasteiger partial charge in [0.2, 0.25) is 5.88 Å². The summed E-state index contributed by atoms with van der Waals surface area (Å²) in [6.07, 6.45) is 1.03. The standard InChI is InChI=1S/C14H15ClN2O/c1-3-10(2)18-13-9-12(15)16-14(17-13)11-7-5-4-6-8-11/h4-10H,3H2,1-2H3. The molecule has 0 aliphatic rings. The van der Waals surface area contributed by atoms with Crippen LogP contribution in [-0.2, 0) is 0 Å². The molecule has 2 rings (SSSR count). The van der Waals surface area contributed by atoms with Crippen molar-refractivity contribution in [3.63, 3.8) is 0 Å². The molecule has 0 bridgehead atoms. The van der Waals surface area contributed by atoms with Crippen LogP contribution < -0.4 is 4.74 Å². The van der Waals surface area contributed by atoms with Crippen LogP contribution in [0.4, 0.5) is 0 Å². The Morgan fingerprint density at radius 2 is 1.94 bits per heavy atom. The van der Waals surface area contributed by atoms with Gasteiger partial charge in [0.05, 0.1) is 6.10 Å². The summed E-state index contributed by atoms with van der Waals surface area (Å²) >= 11 is 6.00. The molecule has 0 aliphatic heterocycles. The maximum absolute atomic E-state index is 6.00. The summed E-state index contributed by atoms with van der Waals surface area (Å²) in [7, 11) is 0. The Labute approximate surface area is 112 Å². The zero-order chi connectivity index (χ0) is 13.0. The first kappa shape index (κ1) is 12.8. The molecule has 0 radical (unpaired) electrons. The summed E-state index contributed by atoms with van der Waals surface area (Å²) in [5, 5.41) is 0.391. The van der Waals surface area contributed by atoms with Gasteiger partial charge in [0.25, 0.3) is 0 Å². The Morgan fingerprint density at radius 3 is 2.61 bits per heavy atom. The number of nitrogens with zero attached hydrogens (tertiary/aromatic N) is 2. The lowest BCUT2D eigenvalue weighted by Crippen LogP contribution is -2.11. The van der Waals surface area contributed by atoms with Gasteiger partial charge in [0.1, 0.15) is 5.15 Å². The second kappa shape index (κ2) is 5.83. The average Bonchev–Trinajstić information content (AvgIpc) is 2.39. The van der Waals surface area contributed by atoms with Crippen LogP contribution in [0.2, 0.25) is 5.15 Å². The number of hydrogen-bond donors (Lipinski definition) is 0. The van der Waals surface area contributed by atoms with E-state index in [0.717, 1.165) is 12.0 Å². The fraction of sp³-hybridized carbons (Fsp3) is 0.286. The van der Waals surface area contributed by atoms with Crippen molar-refractivity contribution in [1.82, 2.24) is 9.97 Å². The SMILES string of the molecule is CCC(C)Oc1cc(Cl)nc(-c2ccccc2)n1. The largest absolute Gasteiger partial charge is 0.475 e. The fourth-order valence-corrected chi connectivity index (χ4v) is 1.64. The van der Waals surface area contributed by atoms with Gasteiger partial charge < -0.3 is 4.74 Å². The lowest BCUT2D eigenvalue weighted by Gasteiger charge is -2.12. The summed E-state index contributed by atoms with van der Waals surface area (Å²) < 4.78 is 5.67. The molecule has 2 aromatic rings. The number of aromatic nitrogens is 2. The molecule has 0 aliphatic carbocycles. The highest BCUT2D eigenvalue weighted by Crippen LogP contribution is 2.22. The van der Waals surface area contributed by atoms with E-state index in [9.17, 15) is 0 Å². The van der Waals surface area contributed by atoms with Gasteiger partial charge in [-0.1, -0.05) is 48.9 Å². The molecule has 0 spiro atoms. The predicted molar refractivity (Wildman–Crippen MR) is 72.9 cm³/mol. The Hall–Kier alpha value is -1.61. The van der Waals surface area contributed by atoms with E-state index in [-0.39, 0.29) is 6.10 Å². The molecule has 0 amide bonds. The minimum Gasteiger partial charge on any atom is -0.475 e. The smallest absolute Gasteiger partial charge is 0.218 e. The van der Waals surface area contributed by atoms with Gasteiger partial charge in [0.15, 0.2) is 5.82 Å². The van der Waals surface area contributed by atoms with Crippen LogP contribution in [0, 0.1) is 0 Å². The number of hydrogen-bond acceptors (Lipinski definition) is 3. The zero-order valence-electron chi connectivity index (χ0n) is 10.4. The van der Waals surface area contributed by atoms with Crippen LogP contribution >= 0.6 is 11.6 Å². The number of ether oxygens (including phenoxy) is 1. The molecule has 18 heavy (non-hydrogen) atoms. The molecule has 3 nitrogen and oxygen atoms in total. The molecule has 1 heterocycles. The van der Waals surface area contributed by atoms with Crippen molar-refractivity contribution >= 4 is 11.6 Å². The highest BCUT2D eigenvalue weighted by molar-refractivity contribution is 6.29. The molecule has 4 heteroatoms. The maximum Gasteiger partial charge on any atom is 0.218 e. The van der Waals surface area contributed by atoms with E-state index in [1.807, 2.05) is 37.3 Å². The normalized spacial score (nSPS) is 12.2. The van der Waals surface area contributed by atoms with E-state index in [4.69, 9.17) is 16.3 Å². The third-order valence-corrected chi connectivity index (χ3v) is 2.79. The third kappa shape index (κ3) is 3.20. The molecule has 1 unspecified atom stereocenters. The molecular formula is C14H15ClN2O. The van der Waals surface area contributed by atoms with Crippen molar-refractivity contribution in [1.29, 1.82) is 0 Å². The number of halogens is 1. The Kier molecular flexibility index (Phi) is 4.15. The lowest BCUT2D eigenvalue weighted by atomic mass is 10.2. The zero-order valence-corrected chi connectivity index (χ0v) is 11.2. The fourth-order valence-electron chi connectivity index (χ4n) is 1.46. The van der Waals surface area contributed by atoms with Gasteiger partial charge >= 0.3 is 0 Å². The third-order valence-electron chi connectivity index (χ3n) is 2.60. The monoisotopic (exact) mass is 262 g/mol. The van der Waals surface area contributed by atoms with E-state index in [1.54, 1.807) is 6.07 Å². The highest BCUT2D eigenvalue weighted by atomic mass is 35.5. The minimum atomic E-state index is 0.111. The first-order chi connectivity index (χ1) is 8.69. The topological polar surface area (TPSA) is 35.0 Å². The van der Waals surface area contributed by atoms with E-state index in [0.29, 0.717) is 16.9 Å². The van der Waals surface area contributed by atoms with Gasteiger partial charge in [-0.15, -0.1) is 0 Å². The van der Waals surface area contributed by atoms with Crippen molar-refractivity contribution in [2.45, 2.75) is 26.4 Å². The van der Waals surface area contributed by atoms with Crippen molar-refractivity contribution in [3.05, 3.63) is 41.6 Å². The first-order valence-electron chi connectivity index (χ1n) is 5.95. The quantitative estimate of drug-likeness (QED) is 0.782. The van der Waals surface area contributed by atoms with Crippen LogP contribution in [0.1, 0.15) is 20.3 Å². The van der Waals surface area contributed by atoms with E-state index >= 15 is 0 Å². The number of benzene rings is 1. The Balaban J connectivity index is 2.32. The molecule has 1 aromatic heterocycles. The van der Waals surface area contributed by atoms with E-state index in [1.165, 1.54) is 0 Å². The first-order valence-corrected chi connectivity index (χ1v) is 6.33. The summed E-state index contributed by atoms with van der Waals surface area (Å²) in [6, 6.07) is 11.4. The average molecular weight is 263 g/mol. The van der Waals surface area contributed by atoms with Gasteiger partial charge in [-0.25, -0.2) is 4.98 Å². The van der Waals surface area contributed by atoms with Crippen LogP contribution in [0.5, 0.6) is 5.88 Å². The van der Waals surface area contributed by atoms with Gasteiger partial charge in [-0.2, -0.15) is 4.98 Å². The van der Waals surface area contributed by atoms with Crippen molar-refractivity contribution in [2.75, 3.05) is 0 Å². The summed E-state index contributed by atoms with van der Waals surface area (Å²) in [4.78, 5) is 8.59. The van der Waals surface area contributed by atoms with Crippen molar-refractivity contribution in [2.24, 2.45) is 0 Å². The minimum absolute atomic E-state index is 0.111. The summed E-state index contributed by atoms with van der Waals surface area (Å²) in [5.41, 5.74) is 0.925. The molecular weight excluding hydrogens is 248 g/mol. The van der Waals surface area contributed by atoms with Gasteiger partial charge in [0, 0.05) is 11.6 Å². The lowest BCUT2D eigenvalue weighted by molar-refractivity contribution is 0.208. The van der Waals surface area contributed by atoms with Crippen molar-refractivity contribution < 1.29 is 4.74 Å². The van der Waals surface area contributed by atoms with Crippen molar-refractivity contribution in [3.8, 4) is 17.3 Å². The second-order valence-corrected chi connectivity index (χ2v) is 4.44. The molecule has 0 saturated carbocycles. The molecule has 1 atom stereocenters. The second-order valence-electron chi connectivity index (χ2n) is 4.06. The van der Waals surface area contributed by atoms with Crippen LogP contribution in [0.3, 0.4) is 0 Å². The molecule has 1 aromatic carbocycles. The van der Waals surface area contributed by atoms with Crippen LogP contribution in [0.15, 0.2) is 36.4 Å². The van der Waals surface area contributed by atoms with Crippen LogP contribution in [0.25, 0.3) is 11.4 Å². The Bertz CT molecular complexity index is 516. The molecule has 0 N–H and O–H groups in total. The van der Waals surface area contributed by atoms with Gasteiger partial charge in [-0.05, 0) is 13.3 Å². The highest BCUT2D eigenvalue weighted by Gasteiger charge is 2.08. The Morgan fingerprint density at radius 1 is 1.22 bits per heavy atom. The predicted octanol–water partition coefficient (Wildman–Crippen LogP) is 3.97. The van der Waals surface area contributed by atoms with E-state index in [2.05, 4.69) is 16.9 Å². The van der Waals surface area contributed by atoms with E-state index < -0.39 is 0 Å². The summed E-state index contributed by atoms with van der Waals surface area (Å²) in [5.74, 6) is 1.10. The number of rotatable bonds is 4. The maximum atomic E-state index is 6.00. The molecule has 94 valence electrons. The van der Waals surface area contributed by atoms with Gasteiger partial charge in [-0.3, -0.25) is 0 Å². The van der Waals surface area contributed by atoms with Crippen LogP contribution in [-0.4, -0.2) is 16.1 Å².